The zero-order valence-corrected chi connectivity index (χ0v) is 14.8. The maximum Gasteiger partial charge on any atom is 0.322 e. The van der Waals surface area contributed by atoms with Gasteiger partial charge in [-0.05, 0) is 44.7 Å². The lowest BCUT2D eigenvalue weighted by Crippen LogP contribution is -2.44. The van der Waals surface area contributed by atoms with Gasteiger partial charge in [0.1, 0.15) is 5.69 Å². The third kappa shape index (κ3) is 5.06. The first kappa shape index (κ1) is 17.9. The van der Waals surface area contributed by atoms with Gasteiger partial charge in [0.25, 0.3) is 0 Å². The Balaban J connectivity index is 1.66. The van der Waals surface area contributed by atoms with Crippen molar-refractivity contribution in [3.05, 3.63) is 18.3 Å². The lowest BCUT2D eigenvalue weighted by atomic mass is 10.2. The Morgan fingerprint density at radius 1 is 1.28 bits per heavy atom. The predicted octanol–water partition coefficient (Wildman–Crippen LogP) is 2.67. The number of rotatable bonds is 7. The molecule has 2 amide bonds. The van der Waals surface area contributed by atoms with Crippen molar-refractivity contribution in [1.82, 2.24) is 9.88 Å². The van der Waals surface area contributed by atoms with Crippen LogP contribution in [0, 0.1) is 0 Å². The summed E-state index contributed by atoms with van der Waals surface area (Å²) in [6.07, 6.45) is 5.95. The lowest BCUT2D eigenvalue weighted by molar-refractivity contribution is 0.0524. The molecule has 1 aromatic heterocycles. The number of nitrogens with one attached hydrogen (secondary N) is 1. The predicted molar refractivity (Wildman–Crippen MR) is 93.9 cm³/mol. The van der Waals surface area contributed by atoms with Crippen LogP contribution in [0.3, 0.4) is 0 Å². The Hall–Kier alpha value is -1.86. The number of pyridine rings is 1. The van der Waals surface area contributed by atoms with Gasteiger partial charge in [-0.2, -0.15) is 0 Å². The van der Waals surface area contributed by atoms with Gasteiger partial charge in [0.05, 0.1) is 18.8 Å². The van der Waals surface area contributed by atoms with Gasteiger partial charge < -0.3 is 24.4 Å². The molecular formula is C18H27N3O4. The van der Waals surface area contributed by atoms with E-state index in [4.69, 9.17) is 14.2 Å². The topological polar surface area (TPSA) is 72.9 Å². The lowest BCUT2D eigenvalue weighted by Gasteiger charge is -2.28. The summed E-state index contributed by atoms with van der Waals surface area (Å²) in [5.74, 6) is 0.438. The van der Waals surface area contributed by atoms with Crippen molar-refractivity contribution in [3.8, 4) is 5.88 Å². The summed E-state index contributed by atoms with van der Waals surface area (Å²) in [6, 6.07) is 3.41. The molecule has 0 unspecified atom stereocenters. The number of nitrogens with zero attached hydrogens (tertiary/aromatic N) is 2. The number of carbonyl (C=O) groups excluding carboxylic acids is 1. The normalized spacial score (nSPS) is 22.8. The van der Waals surface area contributed by atoms with Crippen LogP contribution in [0.15, 0.2) is 18.3 Å². The molecule has 0 saturated carbocycles. The average molecular weight is 349 g/mol. The molecule has 1 aromatic rings. The average Bonchev–Trinajstić information content (AvgIpc) is 3.30. The number of hydrogen-bond donors (Lipinski definition) is 1. The molecular weight excluding hydrogens is 322 g/mol. The fourth-order valence-electron chi connectivity index (χ4n) is 3.24. The molecule has 0 aliphatic carbocycles. The summed E-state index contributed by atoms with van der Waals surface area (Å²) < 4.78 is 16.9. The van der Waals surface area contributed by atoms with Crippen LogP contribution < -0.4 is 10.1 Å². The molecule has 0 bridgehead atoms. The van der Waals surface area contributed by atoms with Crippen LogP contribution in [0.1, 0.15) is 32.6 Å². The molecule has 2 fully saturated rings. The van der Waals surface area contributed by atoms with E-state index in [1.54, 1.807) is 23.2 Å². The zero-order chi connectivity index (χ0) is 17.5. The quantitative estimate of drug-likeness (QED) is 0.819. The van der Waals surface area contributed by atoms with Crippen LogP contribution in [0.2, 0.25) is 0 Å². The Kier molecular flexibility index (Phi) is 6.47. The molecule has 2 saturated heterocycles. The fourth-order valence-corrected chi connectivity index (χ4v) is 3.24. The van der Waals surface area contributed by atoms with Gasteiger partial charge in [-0.15, -0.1) is 0 Å². The molecule has 25 heavy (non-hydrogen) atoms. The minimum Gasteiger partial charge on any atom is -0.476 e. The summed E-state index contributed by atoms with van der Waals surface area (Å²) in [7, 11) is 0. The number of carbonyl (C=O) groups is 1. The first-order chi connectivity index (χ1) is 12.3. The minimum absolute atomic E-state index is 0.104. The van der Waals surface area contributed by atoms with E-state index >= 15 is 0 Å². The Bertz CT molecular complexity index is 539. The van der Waals surface area contributed by atoms with E-state index in [2.05, 4.69) is 10.3 Å². The Morgan fingerprint density at radius 3 is 2.52 bits per heavy atom. The number of hydrogen-bond acceptors (Lipinski definition) is 5. The number of aromatic nitrogens is 1. The summed E-state index contributed by atoms with van der Waals surface area (Å²) in [5, 5.41) is 2.93. The highest BCUT2D eigenvalue weighted by Gasteiger charge is 2.27. The van der Waals surface area contributed by atoms with E-state index in [1.807, 2.05) is 6.92 Å². The molecule has 7 heteroatoms. The maximum atomic E-state index is 12.9. The minimum atomic E-state index is -0.167. The van der Waals surface area contributed by atoms with E-state index in [-0.39, 0.29) is 18.2 Å². The van der Waals surface area contributed by atoms with Gasteiger partial charge in [-0.25, -0.2) is 9.78 Å². The zero-order valence-electron chi connectivity index (χ0n) is 14.8. The molecule has 2 atom stereocenters. The van der Waals surface area contributed by atoms with Crippen molar-refractivity contribution >= 4 is 11.7 Å². The van der Waals surface area contributed by atoms with Crippen LogP contribution in [0.5, 0.6) is 5.88 Å². The van der Waals surface area contributed by atoms with Crippen LogP contribution in [-0.4, -0.2) is 61.0 Å². The van der Waals surface area contributed by atoms with E-state index in [0.29, 0.717) is 31.3 Å². The van der Waals surface area contributed by atoms with E-state index < -0.39 is 0 Å². The first-order valence-electron chi connectivity index (χ1n) is 9.13. The summed E-state index contributed by atoms with van der Waals surface area (Å²) in [6.45, 7) is 5.09. The van der Waals surface area contributed by atoms with Crippen molar-refractivity contribution in [2.24, 2.45) is 0 Å². The van der Waals surface area contributed by atoms with Crippen molar-refractivity contribution in [3.63, 3.8) is 0 Å². The van der Waals surface area contributed by atoms with Crippen molar-refractivity contribution < 1.29 is 19.0 Å². The first-order valence-corrected chi connectivity index (χ1v) is 9.13. The van der Waals surface area contributed by atoms with Crippen LogP contribution >= 0.6 is 0 Å². The van der Waals surface area contributed by atoms with Gasteiger partial charge in [-0.1, -0.05) is 0 Å². The van der Waals surface area contributed by atoms with Crippen molar-refractivity contribution in [1.29, 1.82) is 0 Å². The molecule has 138 valence electrons. The molecule has 3 heterocycles. The molecule has 0 spiro atoms. The highest BCUT2D eigenvalue weighted by Crippen LogP contribution is 2.22. The number of amides is 2. The third-order valence-corrected chi connectivity index (χ3v) is 4.48. The Labute approximate surface area is 148 Å². The van der Waals surface area contributed by atoms with Gasteiger partial charge in [-0.3, -0.25) is 0 Å². The highest BCUT2D eigenvalue weighted by atomic mass is 16.5. The van der Waals surface area contributed by atoms with Crippen molar-refractivity contribution in [2.75, 3.05) is 38.2 Å². The summed E-state index contributed by atoms with van der Waals surface area (Å²) in [4.78, 5) is 18.8. The van der Waals surface area contributed by atoms with E-state index in [9.17, 15) is 4.79 Å². The standard InChI is InChI=1S/C18H27N3O4/c1-2-23-17-16(8-3-9-19-17)20-18(22)21(12-14-6-4-10-24-14)13-15-7-5-11-25-15/h3,8-9,14-15H,2,4-7,10-13H2,1H3,(H,20,22)/t14-,15+. The van der Waals surface area contributed by atoms with Crippen LogP contribution in [0.25, 0.3) is 0 Å². The second-order valence-electron chi connectivity index (χ2n) is 6.39. The molecule has 2 aliphatic rings. The number of urea groups is 1. The molecule has 7 nitrogen and oxygen atoms in total. The number of ether oxygens (including phenoxy) is 3. The van der Waals surface area contributed by atoms with Gasteiger partial charge in [0.2, 0.25) is 5.88 Å². The molecule has 1 N–H and O–H groups in total. The smallest absolute Gasteiger partial charge is 0.322 e. The molecule has 0 radical (unpaired) electrons. The molecule has 2 aliphatic heterocycles. The monoisotopic (exact) mass is 349 g/mol. The van der Waals surface area contributed by atoms with Gasteiger partial charge >= 0.3 is 6.03 Å². The molecule has 0 aromatic carbocycles. The second kappa shape index (κ2) is 9.01. The van der Waals surface area contributed by atoms with Gasteiger partial charge in [0, 0.05) is 32.5 Å². The van der Waals surface area contributed by atoms with E-state index in [0.717, 1.165) is 38.9 Å². The highest BCUT2D eigenvalue weighted by molar-refractivity contribution is 5.90. The maximum absolute atomic E-state index is 12.9. The summed E-state index contributed by atoms with van der Waals surface area (Å²) in [5.41, 5.74) is 0.582. The van der Waals surface area contributed by atoms with Crippen molar-refractivity contribution in [2.45, 2.75) is 44.8 Å². The Morgan fingerprint density at radius 2 is 1.96 bits per heavy atom. The second-order valence-corrected chi connectivity index (χ2v) is 6.39. The van der Waals surface area contributed by atoms with E-state index in [1.165, 1.54) is 0 Å². The third-order valence-electron chi connectivity index (χ3n) is 4.48. The number of anilines is 1. The molecule has 3 rings (SSSR count). The van der Waals surface area contributed by atoms with Crippen LogP contribution in [-0.2, 0) is 9.47 Å². The largest absolute Gasteiger partial charge is 0.476 e. The fraction of sp³-hybridized carbons (Fsp3) is 0.667. The summed E-state index contributed by atoms with van der Waals surface area (Å²) >= 11 is 0. The van der Waals surface area contributed by atoms with Crippen LogP contribution in [0.4, 0.5) is 10.5 Å². The van der Waals surface area contributed by atoms with Gasteiger partial charge in [0.15, 0.2) is 0 Å². The SMILES string of the molecule is CCOc1ncccc1NC(=O)N(C[C@H]1CCCO1)C[C@@H]1CCCO1.